The van der Waals surface area contributed by atoms with Crippen LogP contribution in [0.15, 0.2) is 0 Å². The molecule has 0 aromatic carbocycles. The predicted molar refractivity (Wildman–Crippen MR) is 73.5 cm³/mol. The molecule has 7 nitrogen and oxygen atoms in total. The highest BCUT2D eigenvalue weighted by Crippen LogP contribution is 2.11. The van der Waals surface area contributed by atoms with Crippen LogP contribution in [0.2, 0.25) is 0 Å². The minimum Gasteiger partial charge on any atom is -0.461 e. The van der Waals surface area contributed by atoms with E-state index in [9.17, 15) is 9.59 Å². The molecular weight excluding hydrogens is 284 g/mol. The highest BCUT2D eigenvalue weighted by molar-refractivity contribution is 6.17. The van der Waals surface area contributed by atoms with Crippen LogP contribution in [-0.2, 0) is 22.0 Å². The summed E-state index contributed by atoms with van der Waals surface area (Å²) in [6.45, 7) is 2.47. The van der Waals surface area contributed by atoms with E-state index in [1.54, 1.807) is 25.7 Å². The molecule has 0 aliphatic carbocycles. The zero-order valence-corrected chi connectivity index (χ0v) is 12.7. The predicted octanol–water partition coefficient (Wildman–Crippen LogP) is 1.06. The molecule has 1 heterocycles. The highest BCUT2D eigenvalue weighted by Gasteiger charge is 2.20. The highest BCUT2D eigenvalue weighted by atomic mass is 35.5. The van der Waals surface area contributed by atoms with Crippen molar-refractivity contribution in [3.05, 3.63) is 11.4 Å². The Kier molecular flexibility index (Phi) is 6.44. The minimum absolute atomic E-state index is 0.0446. The van der Waals surface area contributed by atoms with E-state index in [0.29, 0.717) is 25.1 Å². The largest absolute Gasteiger partial charge is 0.461 e. The molecule has 0 bridgehead atoms. The fourth-order valence-electron chi connectivity index (χ4n) is 1.61. The summed E-state index contributed by atoms with van der Waals surface area (Å²) >= 11 is 5.83. The fraction of sp³-hybridized carbons (Fsp3) is 0.667. The summed E-state index contributed by atoms with van der Waals surface area (Å²) in [5.74, 6) is -0.370. The van der Waals surface area contributed by atoms with Crippen molar-refractivity contribution in [1.82, 2.24) is 19.9 Å². The van der Waals surface area contributed by atoms with E-state index in [0.717, 1.165) is 0 Å². The van der Waals surface area contributed by atoms with Gasteiger partial charge in [-0.2, -0.15) is 0 Å². The lowest BCUT2D eigenvalue weighted by Gasteiger charge is -2.10. The Labute approximate surface area is 122 Å². The molecule has 0 spiro atoms. The summed E-state index contributed by atoms with van der Waals surface area (Å²) in [6, 6.07) is 0. The first kappa shape index (κ1) is 16.4. The second kappa shape index (κ2) is 7.84. The SMILES string of the molecule is CCOC(=O)c1nnn(CCCC(=O)N(C)C)c1CCl. The van der Waals surface area contributed by atoms with Gasteiger partial charge in [0.05, 0.1) is 18.2 Å². The molecule has 0 N–H and O–H groups in total. The molecule has 8 heteroatoms. The maximum absolute atomic E-state index is 11.7. The maximum Gasteiger partial charge on any atom is 0.360 e. The number of nitrogens with zero attached hydrogens (tertiary/aromatic N) is 4. The Balaban J connectivity index is 2.67. The summed E-state index contributed by atoms with van der Waals surface area (Å²) in [5, 5.41) is 7.69. The average molecular weight is 303 g/mol. The van der Waals surface area contributed by atoms with Crippen molar-refractivity contribution in [2.75, 3.05) is 20.7 Å². The standard InChI is InChI=1S/C12H19ClN4O3/c1-4-20-12(19)11-9(8-13)17(15-14-11)7-5-6-10(18)16(2)3/h4-8H2,1-3H3. The van der Waals surface area contributed by atoms with Crippen molar-refractivity contribution < 1.29 is 14.3 Å². The van der Waals surface area contributed by atoms with Crippen molar-refractivity contribution in [2.45, 2.75) is 32.2 Å². The van der Waals surface area contributed by atoms with Crippen LogP contribution in [0.3, 0.4) is 0 Å². The van der Waals surface area contributed by atoms with Gasteiger partial charge in [-0.3, -0.25) is 4.79 Å². The summed E-state index contributed by atoms with van der Waals surface area (Å²) in [5.41, 5.74) is 0.656. The fourth-order valence-corrected chi connectivity index (χ4v) is 1.87. The van der Waals surface area contributed by atoms with Crippen molar-refractivity contribution in [3.8, 4) is 0 Å². The molecule has 112 valence electrons. The summed E-state index contributed by atoms with van der Waals surface area (Å²) in [4.78, 5) is 24.7. The maximum atomic E-state index is 11.7. The minimum atomic E-state index is -0.529. The van der Waals surface area contributed by atoms with Crippen molar-refractivity contribution in [2.24, 2.45) is 0 Å². The number of carbonyl (C=O) groups is 2. The Morgan fingerprint density at radius 2 is 2.10 bits per heavy atom. The number of esters is 1. The van der Waals surface area contributed by atoms with Gasteiger partial charge in [-0.15, -0.1) is 16.7 Å². The molecule has 0 aliphatic rings. The molecule has 0 saturated heterocycles. The van der Waals surface area contributed by atoms with Crippen LogP contribution in [0.1, 0.15) is 35.9 Å². The molecule has 1 aromatic rings. The third-order valence-electron chi connectivity index (χ3n) is 2.69. The van der Waals surface area contributed by atoms with Crippen molar-refractivity contribution in [1.29, 1.82) is 0 Å². The second-order valence-corrected chi connectivity index (χ2v) is 4.62. The van der Waals surface area contributed by atoms with E-state index in [1.807, 2.05) is 0 Å². The molecule has 1 aromatic heterocycles. The summed E-state index contributed by atoms with van der Waals surface area (Å²) in [7, 11) is 3.42. The van der Waals surface area contributed by atoms with Gasteiger partial charge < -0.3 is 9.64 Å². The van der Waals surface area contributed by atoms with Gasteiger partial charge in [-0.25, -0.2) is 9.48 Å². The third kappa shape index (κ3) is 4.19. The zero-order chi connectivity index (χ0) is 15.1. The molecule has 1 amide bonds. The molecule has 1 rings (SSSR count). The first-order valence-corrected chi connectivity index (χ1v) is 6.90. The number of aromatic nitrogens is 3. The number of hydrogen-bond donors (Lipinski definition) is 0. The first-order valence-electron chi connectivity index (χ1n) is 6.36. The number of alkyl halides is 1. The number of hydrogen-bond acceptors (Lipinski definition) is 5. The van der Waals surface area contributed by atoms with E-state index < -0.39 is 5.97 Å². The number of carbonyl (C=O) groups excluding carboxylic acids is 2. The molecule has 20 heavy (non-hydrogen) atoms. The zero-order valence-electron chi connectivity index (χ0n) is 11.9. The lowest BCUT2D eigenvalue weighted by atomic mass is 10.2. The van der Waals surface area contributed by atoms with Gasteiger partial charge in [0.1, 0.15) is 0 Å². The van der Waals surface area contributed by atoms with E-state index in [4.69, 9.17) is 16.3 Å². The van der Waals surface area contributed by atoms with Gasteiger partial charge in [0, 0.05) is 27.1 Å². The average Bonchev–Trinajstić information content (AvgIpc) is 2.81. The Bertz CT molecular complexity index is 473. The van der Waals surface area contributed by atoms with Gasteiger partial charge in [0.15, 0.2) is 5.69 Å². The van der Waals surface area contributed by atoms with Gasteiger partial charge in [0.2, 0.25) is 5.91 Å². The van der Waals surface area contributed by atoms with Crippen LogP contribution in [0.4, 0.5) is 0 Å². The van der Waals surface area contributed by atoms with Gasteiger partial charge in [-0.1, -0.05) is 5.21 Å². The van der Waals surface area contributed by atoms with Crippen LogP contribution in [0, 0.1) is 0 Å². The Morgan fingerprint density at radius 3 is 2.65 bits per heavy atom. The smallest absolute Gasteiger partial charge is 0.360 e. The molecule has 0 atom stereocenters. The van der Waals surface area contributed by atoms with Gasteiger partial charge in [-0.05, 0) is 13.3 Å². The van der Waals surface area contributed by atoms with Crippen LogP contribution in [0.5, 0.6) is 0 Å². The van der Waals surface area contributed by atoms with Crippen LogP contribution < -0.4 is 0 Å². The van der Waals surface area contributed by atoms with Gasteiger partial charge >= 0.3 is 5.97 Å². The lowest BCUT2D eigenvalue weighted by molar-refractivity contribution is -0.128. The lowest BCUT2D eigenvalue weighted by Crippen LogP contribution is -2.21. The molecular formula is C12H19ClN4O3. The number of halogens is 1. The number of aryl methyl sites for hydroxylation is 1. The van der Waals surface area contributed by atoms with E-state index in [1.165, 1.54) is 4.90 Å². The number of ether oxygens (including phenoxy) is 1. The van der Waals surface area contributed by atoms with E-state index in [-0.39, 0.29) is 24.1 Å². The number of amides is 1. The quantitative estimate of drug-likeness (QED) is 0.556. The van der Waals surface area contributed by atoms with Crippen LogP contribution in [-0.4, -0.2) is 52.5 Å². The van der Waals surface area contributed by atoms with Crippen molar-refractivity contribution in [3.63, 3.8) is 0 Å². The normalized spacial score (nSPS) is 10.4. The molecule has 0 unspecified atom stereocenters. The Hall–Kier alpha value is -1.63. The molecule has 0 fully saturated rings. The first-order chi connectivity index (χ1) is 9.51. The number of rotatable bonds is 7. The molecule has 0 aliphatic heterocycles. The summed E-state index contributed by atoms with van der Waals surface area (Å²) < 4.78 is 6.43. The Morgan fingerprint density at radius 1 is 1.40 bits per heavy atom. The second-order valence-electron chi connectivity index (χ2n) is 4.35. The molecule has 0 radical (unpaired) electrons. The van der Waals surface area contributed by atoms with Crippen molar-refractivity contribution >= 4 is 23.5 Å². The summed E-state index contributed by atoms with van der Waals surface area (Å²) in [6.07, 6.45) is 1.01. The van der Waals surface area contributed by atoms with E-state index in [2.05, 4.69) is 10.3 Å². The molecule has 0 saturated carbocycles. The van der Waals surface area contributed by atoms with Gasteiger partial charge in [0.25, 0.3) is 0 Å². The van der Waals surface area contributed by atoms with E-state index >= 15 is 0 Å². The van der Waals surface area contributed by atoms with Crippen LogP contribution >= 0.6 is 11.6 Å². The van der Waals surface area contributed by atoms with Crippen LogP contribution in [0.25, 0.3) is 0 Å². The topological polar surface area (TPSA) is 77.3 Å². The third-order valence-corrected chi connectivity index (χ3v) is 2.95. The monoisotopic (exact) mass is 302 g/mol.